The number of nitrogens with zero attached hydrogens (tertiary/aromatic N) is 2. The molecule has 0 aromatic heterocycles. The van der Waals surface area contributed by atoms with Crippen molar-refractivity contribution in [3.8, 4) is 5.75 Å². The van der Waals surface area contributed by atoms with Crippen LogP contribution in [0.1, 0.15) is 56.9 Å². The van der Waals surface area contributed by atoms with E-state index in [1.165, 1.54) is 24.8 Å². The molecule has 6 fully saturated rings. The molecule has 178 valence electrons. The van der Waals surface area contributed by atoms with Crippen LogP contribution in [0.4, 0.5) is 0 Å². The minimum atomic E-state index is -0.185. The summed E-state index contributed by atoms with van der Waals surface area (Å²) >= 11 is 0. The molecule has 4 bridgehead atoms. The summed E-state index contributed by atoms with van der Waals surface area (Å²) in [6, 6.07) is 9.07. The molecule has 1 saturated heterocycles. The van der Waals surface area contributed by atoms with Crippen molar-refractivity contribution in [3.05, 3.63) is 29.8 Å². The van der Waals surface area contributed by atoms with Crippen molar-refractivity contribution >= 4 is 11.8 Å². The maximum atomic E-state index is 14.0. The average Bonchev–Trinajstić information content (AvgIpc) is 3.62. The van der Waals surface area contributed by atoms with Crippen LogP contribution in [0.15, 0.2) is 24.3 Å². The molecular weight excluding hydrogens is 414 g/mol. The lowest BCUT2D eigenvalue weighted by Gasteiger charge is -2.62. The Hall–Kier alpha value is -2.08. The second-order valence-corrected chi connectivity index (χ2v) is 11.7. The Balaban J connectivity index is 1.15. The van der Waals surface area contributed by atoms with E-state index in [-0.39, 0.29) is 16.7 Å². The van der Waals surface area contributed by atoms with Gasteiger partial charge in [0.2, 0.25) is 11.8 Å². The van der Waals surface area contributed by atoms with Gasteiger partial charge in [0.1, 0.15) is 5.75 Å². The van der Waals surface area contributed by atoms with Crippen LogP contribution in [0.25, 0.3) is 0 Å². The van der Waals surface area contributed by atoms with Gasteiger partial charge in [-0.3, -0.25) is 14.5 Å². The van der Waals surface area contributed by atoms with Gasteiger partial charge >= 0.3 is 0 Å². The Kier molecular flexibility index (Phi) is 5.20. The topological polar surface area (TPSA) is 61.9 Å². The van der Waals surface area contributed by atoms with Gasteiger partial charge in [0.25, 0.3) is 0 Å². The molecule has 1 heterocycles. The van der Waals surface area contributed by atoms with Gasteiger partial charge in [0.05, 0.1) is 19.1 Å². The van der Waals surface area contributed by atoms with Crippen LogP contribution in [-0.2, 0) is 15.0 Å². The van der Waals surface area contributed by atoms with E-state index in [1.54, 1.807) is 7.11 Å². The van der Waals surface area contributed by atoms with Crippen LogP contribution >= 0.6 is 0 Å². The predicted molar refractivity (Wildman–Crippen MR) is 126 cm³/mol. The van der Waals surface area contributed by atoms with Crippen molar-refractivity contribution in [2.45, 2.75) is 62.8 Å². The van der Waals surface area contributed by atoms with E-state index in [1.807, 2.05) is 0 Å². The Bertz CT molecular complexity index is 903. The van der Waals surface area contributed by atoms with Gasteiger partial charge in [-0.25, -0.2) is 0 Å². The smallest absolute Gasteiger partial charge is 0.234 e. The summed E-state index contributed by atoms with van der Waals surface area (Å²) in [5.74, 6) is 2.78. The third kappa shape index (κ3) is 3.94. The first-order valence-corrected chi connectivity index (χ1v) is 12.9. The van der Waals surface area contributed by atoms with Gasteiger partial charge in [-0.15, -0.1) is 0 Å². The zero-order valence-corrected chi connectivity index (χ0v) is 19.9. The maximum absolute atomic E-state index is 14.0. The molecule has 1 aromatic carbocycles. The number of methoxy groups -OCH3 is 1. The normalized spacial score (nSPS) is 35.5. The van der Waals surface area contributed by atoms with E-state index in [4.69, 9.17) is 4.74 Å². The minimum absolute atomic E-state index is 0.139. The Morgan fingerprint density at radius 3 is 2.27 bits per heavy atom. The van der Waals surface area contributed by atoms with Gasteiger partial charge in [0, 0.05) is 32.2 Å². The van der Waals surface area contributed by atoms with Crippen molar-refractivity contribution in [3.63, 3.8) is 0 Å². The molecule has 2 unspecified atom stereocenters. The van der Waals surface area contributed by atoms with E-state index in [0.717, 1.165) is 64.0 Å². The zero-order valence-electron chi connectivity index (χ0n) is 19.9. The molecule has 6 heteroatoms. The van der Waals surface area contributed by atoms with Crippen molar-refractivity contribution in [1.82, 2.24) is 15.1 Å². The molecule has 2 atom stereocenters. The quantitative estimate of drug-likeness (QED) is 0.722. The summed E-state index contributed by atoms with van der Waals surface area (Å²) < 4.78 is 5.39. The number of hydrogen-bond donors (Lipinski definition) is 1. The fourth-order valence-electron chi connectivity index (χ4n) is 7.94. The molecule has 1 aromatic rings. The van der Waals surface area contributed by atoms with Crippen LogP contribution in [0, 0.1) is 17.3 Å². The summed E-state index contributed by atoms with van der Waals surface area (Å²) in [6.07, 6.45) is 9.16. The monoisotopic (exact) mass is 451 g/mol. The second kappa shape index (κ2) is 8.00. The lowest BCUT2D eigenvalue weighted by Crippen LogP contribution is -2.61. The van der Waals surface area contributed by atoms with Gasteiger partial charge in [-0.2, -0.15) is 0 Å². The first kappa shape index (κ1) is 21.5. The van der Waals surface area contributed by atoms with Gasteiger partial charge < -0.3 is 15.0 Å². The number of ether oxygens (including phenoxy) is 1. The second-order valence-electron chi connectivity index (χ2n) is 11.7. The van der Waals surface area contributed by atoms with E-state index in [9.17, 15) is 9.59 Å². The number of carbonyl (C=O) groups is 2. The number of nitrogens with one attached hydrogen (secondary N) is 1. The summed E-state index contributed by atoms with van der Waals surface area (Å²) in [5, 5.41) is 3.08. The Labute approximate surface area is 197 Å². The lowest BCUT2D eigenvalue weighted by atomic mass is 9.42. The van der Waals surface area contributed by atoms with Gasteiger partial charge in [-0.05, 0) is 86.3 Å². The number of carbonyl (C=O) groups excluding carboxylic acids is 2. The van der Waals surface area contributed by atoms with E-state index in [0.29, 0.717) is 30.3 Å². The predicted octanol–water partition coefficient (Wildman–Crippen LogP) is 2.96. The summed E-state index contributed by atoms with van der Waals surface area (Å²) in [5.41, 5.74) is 1.37. The van der Waals surface area contributed by atoms with Crippen LogP contribution < -0.4 is 10.1 Å². The van der Waals surface area contributed by atoms with Crippen molar-refractivity contribution < 1.29 is 14.3 Å². The Morgan fingerprint density at radius 1 is 1.00 bits per heavy atom. The fraction of sp³-hybridized carbons (Fsp3) is 0.704. The SMILES string of the molecule is COc1ccc(C23CC4CC(CC(C(=O)N5CCN(CC(=O)NC6CC6)CC5)(C4)C2)C3)cc1. The molecule has 2 amide bonds. The van der Waals surface area contributed by atoms with Crippen LogP contribution in [0.5, 0.6) is 5.75 Å². The molecule has 33 heavy (non-hydrogen) atoms. The number of hydrogen-bond acceptors (Lipinski definition) is 4. The lowest BCUT2D eigenvalue weighted by molar-refractivity contribution is -0.162. The molecular formula is C27H37N3O3. The molecule has 1 N–H and O–H groups in total. The van der Waals surface area contributed by atoms with Crippen LogP contribution in [0.3, 0.4) is 0 Å². The van der Waals surface area contributed by atoms with Gasteiger partial charge in [-0.1, -0.05) is 12.1 Å². The molecule has 6 aliphatic rings. The number of benzene rings is 1. The molecule has 0 spiro atoms. The molecule has 6 nitrogen and oxygen atoms in total. The molecule has 0 radical (unpaired) electrons. The number of piperazine rings is 1. The minimum Gasteiger partial charge on any atom is -0.497 e. The van der Waals surface area contributed by atoms with E-state index < -0.39 is 0 Å². The Morgan fingerprint density at radius 2 is 1.67 bits per heavy atom. The fourth-order valence-corrected chi connectivity index (χ4v) is 7.94. The van der Waals surface area contributed by atoms with Crippen molar-refractivity contribution in [1.29, 1.82) is 0 Å². The highest BCUT2D eigenvalue weighted by atomic mass is 16.5. The third-order valence-electron chi connectivity index (χ3n) is 9.19. The summed E-state index contributed by atoms with van der Waals surface area (Å²) in [7, 11) is 1.71. The first-order chi connectivity index (χ1) is 16.0. The molecule has 5 saturated carbocycles. The summed E-state index contributed by atoms with van der Waals surface area (Å²) in [6.45, 7) is 3.57. The average molecular weight is 452 g/mol. The highest BCUT2D eigenvalue weighted by molar-refractivity contribution is 5.84. The molecule has 1 aliphatic heterocycles. The standard InChI is InChI=1S/C27H37N3O3/c1-33-23-6-2-21(3-7-23)26-13-19-12-20(14-26)16-27(15-19,18-26)25(32)30-10-8-29(9-11-30)17-24(31)28-22-4-5-22/h2-3,6-7,19-20,22H,4-5,8-18H2,1H3,(H,28,31). The van der Waals surface area contributed by atoms with Gasteiger partial charge in [0.15, 0.2) is 0 Å². The van der Waals surface area contributed by atoms with Crippen LogP contribution in [0.2, 0.25) is 0 Å². The zero-order chi connectivity index (χ0) is 22.6. The van der Waals surface area contributed by atoms with Crippen molar-refractivity contribution in [2.24, 2.45) is 17.3 Å². The maximum Gasteiger partial charge on any atom is 0.234 e. The molecule has 7 rings (SSSR count). The highest BCUT2D eigenvalue weighted by Crippen LogP contribution is 2.66. The third-order valence-corrected chi connectivity index (χ3v) is 9.19. The van der Waals surface area contributed by atoms with E-state index in [2.05, 4.69) is 39.4 Å². The largest absolute Gasteiger partial charge is 0.497 e. The number of rotatable bonds is 6. The first-order valence-electron chi connectivity index (χ1n) is 12.9. The van der Waals surface area contributed by atoms with Crippen LogP contribution in [-0.4, -0.2) is 67.5 Å². The van der Waals surface area contributed by atoms with Crippen molar-refractivity contribution in [2.75, 3.05) is 39.8 Å². The molecule has 5 aliphatic carbocycles. The number of amides is 2. The summed E-state index contributed by atoms with van der Waals surface area (Å²) in [4.78, 5) is 30.5. The highest BCUT2D eigenvalue weighted by Gasteiger charge is 2.61. The van der Waals surface area contributed by atoms with E-state index >= 15 is 0 Å².